The van der Waals surface area contributed by atoms with Crippen molar-refractivity contribution in [3.63, 3.8) is 0 Å². The summed E-state index contributed by atoms with van der Waals surface area (Å²) < 4.78 is 0. The number of rotatable bonds is 4. The van der Waals surface area contributed by atoms with E-state index in [4.69, 9.17) is 0 Å². The largest absolute Gasteiger partial charge is 0.298 e. The van der Waals surface area contributed by atoms with Crippen LogP contribution in [0.15, 0.2) is 36.5 Å². The van der Waals surface area contributed by atoms with E-state index in [0.717, 1.165) is 16.5 Å². The first-order valence-corrected chi connectivity index (χ1v) is 7.01. The number of fused-ring (bicyclic) bond motifs is 1. The first kappa shape index (κ1) is 13.2. The summed E-state index contributed by atoms with van der Waals surface area (Å²) in [5.41, 5.74) is 2.14. The number of halogens is 1. The van der Waals surface area contributed by atoms with Crippen LogP contribution in [0.25, 0.3) is 10.9 Å². The van der Waals surface area contributed by atoms with Gasteiger partial charge in [0.25, 0.3) is 0 Å². The fourth-order valence-electron chi connectivity index (χ4n) is 2.00. The first-order chi connectivity index (χ1) is 8.59. The standard InChI is InChI=1S/C15H16BrNO/c1-10(2)15(18)13(16)9-11-5-3-7-14-12(11)6-4-8-17-14/h3-8,10,13H,9H2,1-2H3. The molecule has 1 atom stereocenters. The zero-order chi connectivity index (χ0) is 13.1. The Kier molecular flexibility index (Phi) is 4.12. The SMILES string of the molecule is CC(C)C(=O)C(Br)Cc1cccc2ncccc12. The summed E-state index contributed by atoms with van der Waals surface area (Å²) in [6, 6.07) is 10.0. The van der Waals surface area contributed by atoms with Crippen molar-refractivity contribution < 1.29 is 4.79 Å². The lowest BCUT2D eigenvalue weighted by Gasteiger charge is -2.12. The fraction of sp³-hybridized carbons (Fsp3) is 0.333. The van der Waals surface area contributed by atoms with Crippen LogP contribution in [0.1, 0.15) is 19.4 Å². The molecule has 18 heavy (non-hydrogen) atoms. The van der Waals surface area contributed by atoms with Crippen LogP contribution in [0.5, 0.6) is 0 Å². The molecule has 0 amide bonds. The van der Waals surface area contributed by atoms with Crippen molar-refractivity contribution in [2.24, 2.45) is 5.92 Å². The zero-order valence-corrected chi connectivity index (χ0v) is 12.1. The number of carbonyl (C=O) groups excluding carboxylic acids is 1. The molecule has 0 aliphatic rings. The van der Waals surface area contributed by atoms with E-state index in [1.807, 2.05) is 32.0 Å². The lowest BCUT2D eigenvalue weighted by molar-refractivity contribution is -0.121. The van der Waals surface area contributed by atoms with Crippen molar-refractivity contribution in [2.75, 3.05) is 0 Å². The van der Waals surface area contributed by atoms with Gasteiger partial charge in [-0.2, -0.15) is 0 Å². The molecule has 0 saturated carbocycles. The second-order valence-electron chi connectivity index (χ2n) is 4.72. The molecule has 1 heterocycles. The number of Topliss-reactive ketones (excluding diaryl/α,β-unsaturated/α-hetero) is 1. The van der Waals surface area contributed by atoms with Gasteiger partial charge in [-0.3, -0.25) is 9.78 Å². The van der Waals surface area contributed by atoms with Gasteiger partial charge < -0.3 is 0 Å². The van der Waals surface area contributed by atoms with Gasteiger partial charge in [0.2, 0.25) is 0 Å². The normalized spacial score (nSPS) is 12.9. The molecule has 2 aromatic rings. The minimum absolute atomic E-state index is 0.0578. The van der Waals surface area contributed by atoms with Crippen LogP contribution in [0.4, 0.5) is 0 Å². The molecule has 3 heteroatoms. The van der Waals surface area contributed by atoms with Crippen LogP contribution < -0.4 is 0 Å². The maximum absolute atomic E-state index is 11.9. The molecule has 2 rings (SSSR count). The molecule has 0 aliphatic carbocycles. The Labute approximate surface area is 116 Å². The van der Waals surface area contributed by atoms with Crippen LogP contribution >= 0.6 is 15.9 Å². The summed E-state index contributed by atoms with van der Waals surface area (Å²) in [5, 5.41) is 1.13. The number of hydrogen-bond donors (Lipinski definition) is 0. The smallest absolute Gasteiger partial charge is 0.149 e. The molecule has 94 valence electrons. The van der Waals surface area contributed by atoms with Crippen molar-refractivity contribution in [1.82, 2.24) is 4.98 Å². The molecule has 1 aromatic heterocycles. The fourth-order valence-corrected chi connectivity index (χ4v) is 2.88. The number of pyridine rings is 1. The molecular formula is C15H16BrNO. The predicted octanol–water partition coefficient (Wildman–Crippen LogP) is 3.77. The second-order valence-corrected chi connectivity index (χ2v) is 5.82. The summed E-state index contributed by atoms with van der Waals surface area (Å²) >= 11 is 3.50. The van der Waals surface area contributed by atoms with E-state index in [0.29, 0.717) is 6.42 Å². The summed E-state index contributed by atoms with van der Waals surface area (Å²) in [7, 11) is 0. The Morgan fingerprint density at radius 3 is 2.78 bits per heavy atom. The average molecular weight is 306 g/mol. The van der Waals surface area contributed by atoms with Crippen LogP contribution in [-0.4, -0.2) is 15.6 Å². The monoisotopic (exact) mass is 305 g/mol. The van der Waals surface area contributed by atoms with Gasteiger partial charge in [0, 0.05) is 17.5 Å². The minimum atomic E-state index is -0.122. The molecule has 0 N–H and O–H groups in total. The molecule has 0 saturated heterocycles. The number of nitrogens with zero attached hydrogens (tertiary/aromatic N) is 1. The van der Waals surface area contributed by atoms with Crippen molar-refractivity contribution in [3.8, 4) is 0 Å². The van der Waals surface area contributed by atoms with Crippen molar-refractivity contribution in [1.29, 1.82) is 0 Å². The van der Waals surface area contributed by atoms with Crippen molar-refractivity contribution >= 4 is 32.6 Å². The highest BCUT2D eigenvalue weighted by Crippen LogP contribution is 2.21. The van der Waals surface area contributed by atoms with Gasteiger partial charge in [-0.1, -0.05) is 48.0 Å². The first-order valence-electron chi connectivity index (χ1n) is 6.10. The Hall–Kier alpha value is -1.22. The average Bonchev–Trinajstić information content (AvgIpc) is 2.38. The van der Waals surface area contributed by atoms with Crippen LogP contribution in [0.3, 0.4) is 0 Å². The maximum atomic E-state index is 11.9. The van der Waals surface area contributed by atoms with Gasteiger partial charge in [-0.15, -0.1) is 0 Å². The van der Waals surface area contributed by atoms with E-state index < -0.39 is 0 Å². The lowest BCUT2D eigenvalue weighted by Crippen LogP contribution is -2.21. The highest BCUT2D eigenvalue weighted by Gasteiger charge is 2.19. The third-order valence-corrected chi connectivity index (χ3v) is 3.79. The molecule has 0 aliphatic heterocycles. The van der Waals surface area contributed by atoms with E-state index in [1.54, 1.807) is 6.20 Å². The zero-order valence-electron chi connectivity index (χ0n) is 10.6. The van der Waals surface area contributed by atoms with Gasteiger partial charge >= 0.3 is 0 Å². The van der Waals surface area contributed by atoms with Crippen LogP contribution in [0.2, 0.25) is 0 Å². The van der Waals surface area contributed by atoms with Gasteiger partial charge in [0.1, 0.15) is 5.78 Å². The van der Waals surface area contributed by atoms with E-state index in [9.17, 15) is 4.79 Å². The molecule has 1 unspecified atom stereocenters. The highest BCUT2D eigenvalue weighted by atomic mass is 79.9. The van der Waals surface area contributed by atoms with Gasteiger partial charge in [0.15, 0.2) is 0 Å². The minimum Gasteiger partial charge on any atom is -0.298 e. The Morgan fingerprint density at radius 2 is 2.06 bits per heavy atom. The number of carbonyl (C=O) groups is 1. The summed E-state index contributed by atoms with van der Waals surface area (Å²) in [6.07, 6.45) is 2.50. The molecule has 0 radical (unpaired) electrons. The summed E-state index contributed by atoms with van der Waals surface area (Å²) in [6.45, 7) is 3.86. The molecule has 2 nitrogen and oxygen atoms in total. The van der Waals surface area contributed by atoms with E-state index in [2.05, 4.69) is 33.0 Å². The Balaban J connectivity index is 2.29. The maximum Gasteiger partial charge on any atom is 0.149 e. The van der Waals surface area contributed by atoms with E-state index in [1.165, 1.54) is 0 Å². The third-order valence-electron chi connectivity index (χ3n) is 3.01. The molecule has 1 aromatic carbocycles. The highest BCUT2D eigenvalue weighted by molar-refractivity contribution is 9.10. The molecule has 0 spiro atoms. The topological polar surface area (TPSA) is 30.0 Å². The second kappa shape index (κ2) is 5.61. The predicted molar refractivity (Wildman–Crippen MR) is 78.0 cm³/mol. The number of aromatic nitrogens is 1. The number of alkyl halides is 1. The summed E-state index contributed by atoms with van der Waals surface area (Å²) in [5.74, 6) is 0.304. The van der Waals surface area contributed by atoms with Gasteiger partial charge in [-0.05, 0) is 24.1 Å². The number of hydrogen-bond acceptors (Lipinski definition) is 2. The van der Waals surface area contributed by atoms with Crippen molar-refractivity contribution in [2.45, 2.75) is 25.1 Å². The quantitative estimate of drug-likeness (QED) is 0.805. The third kappa shape index (κ3) is 2.78. The lowest BCUT2D eigenvalue weighted by atomic mass is 9.98. The molecular weight excluding hydrogens is 290 g/mol. The van der Waals surface area contributed by atoms with Crippen molar-refractivity contribution in [3.05, 3.63) is 42.1 Å². The Morgan fingerprint density at radius 1 is 1.28 bits per heavy atom. The van der Waals surface area contributed by atoms with Crippen LogP contribution in [-0.2, 0) is 11.2 Å². The number of ketones is 1. The van der Waals surface area contributed by atoms with Gasteiger partial charge in [-0.25, -0.2) is 0 Å². The van der Waals surface area contributed by atoms with E-state index >= 15 is 0 Å². The molecule has 0 bridgehead atoms. The summed E-state index contributed by atoms with van der Waals surface area (Å²) in [4.78, 5) is 16.1. The Bertz CT molecular complexity index is 560. The van der Waals surface area contributed by atoms with Crippen LogP contribution in [0, 0.1) is 5.92 Å². The van der Waals surface area contributed by atoms with Gasteiger partial charge in [0.05, 0.1) is 10.3 Å². The van der Waals surface area contributed by atoms with E-state index in [-0.39, 0.29) is 16.5 Å². The number of benzene rings is 1. The molecule has 0 fully saturated rings.